The van der Waals surface area contributed by atoms with Crippen LogP contribution in [0.1, 0.15) is 18.4 Å². The van der Waals surface area contributed by atoms with Crippen LogP contribution >= 0.6 is 12.2 Å². The molecule has 1 fully saturated rings. The second-order valence-electron chi connectivity index (χ2n) is 4.42. The maximum absolute atomic E-state index is 12.9. The summed E-state index contributed by atoms with van der Waals surface area (Å²) in [7, 11) is -3.19. The molecule has 0 radical (unpaired) electrons. The Balaban J connectivity index is 2.33. The second-order valence-corrected chi connectivity index (χ2v) is 7.34. The zero-order valence-electron chi connectivity index (χ0n) is 9.84. The third-order valence-electron chi connectivity index (χ3n) is 3.35. The Morgan fingerprint density at radius 3 is 2.39 bits per heavy atom. The smallest absolute Gasteiger partial charge is 0.154 e. The first-order valence-corrected chi connectivity index (χ1v) is 7.77. The molecule has 3 atom stereocenters. The number of nitrogens with two attached hydrogens (primary N) is 1. The number of hydrogen-bond donors (Lipinski definition) is 1. The van der Waals surface area contributed by atoms with Crippen molar-refractivity contribution < 1.29 is 12.8 Å². The van der Waals surface area contributed by atoms with Crippen molar-refractivity contribution in [3.63, 3.8) is 0 Å². The first kappa shape index (κ1) is 13.4. The Labute approximate surface area is 111 Å². The van der Waals surface area contributed by atoms with E-state index in [9.17, 15) is 12.8 Å². The van der Waals surface area contributed by atoms with Gasteiger partial charge in [0.25, 0.3) is 0 Å². The lowest BCUT2D eigenvalue weighted by molar-refractivity contribution is 0.594. The first-order chi connectivity index (χ1) is 8.38. The molecule has 2 N–H and O–H groups in total. The molecule has 0 aromatic heterocycles. The largest absolute Gasteiger partial charge is 0.393 e. The fourth-order valence-corrected chi connectivity index (χ4v) is 4.55. The molecule has 0 amide bonds. The van der Waals surface area contributed by atoms with Gasteiger partial charge < -0.3 is 5.73 Å². The maximum atomic E-state index is 12.9. The molecular weight excluding hydrogens is 273 g/mol. The van der Waals surface area contributed by atoms with E-state index in [-0.39, 0.29) is 28.4 Å². The Bertz CT molecular complexity index is 568. The summed E-state index contributed by atoms with van der Waals surface area (Å²) in [6.45, 7) is 1.60. The van der Waals surface area contributed by atoms with Crippen LogP contribution in [0.15, 0.2) is 24.3 Å². The average molecular weight is 287 g/mol. The minimum atomic E-state index is -3.19. The van der Waals surface area contributed by atoms with Crippen molar-refractivity contribution in [2.45, 2.75) is 18.1 Å². The molecule has 0 aliphatic heterocycles. The van der Waals surface area contributed by atoms with E-state index < -0.39 is 15.1 Å². The van der Waals surface area contributed by atoms with Crippen molar-refractivity contribution in [2.75, 3.05) is 5.75 Å². The van der Waals surface area contributed by atoms with Crippen LogP contribution in [0, 0.1) is 11.7 Å². The highest BCUT2D eigenvalue weighted by Gasteiger charge is 2.59. The molecule has 0 heterocycles. The van der Waals surface area contributed by atoms with Crippen molar-refractivity contribution in [2.24, 2.45) is 11.7 Å². The van der Waals surface area contributed by atoms with Crippen LogP contribution in [0.4, 0.5) is 4.39 Å². The van der Waals surface area contributed by atoms with E-state index >= 15 is 0 Å². The number of thiocarbonyl (C=S) groups is 1. The SMILES string of the molecule is CCS(=O)(=O)[C@@H]1[C@@H](C(N)=S)[C@@H]1c1ccc(F)cc1. The third kappa shape index (κ3) is 2.27. The van der Waals surface area contributed by atoms with Gasteiger partial charge in [-0.3, -0.25) is 0 Å². The topological polar surface area (TPSA) is 60.2 Å². The van der Waals surface area contributed by atoms with Crippen LogP contribution in [-0.2, 0) is 9.84 Å². The molecule has 1 aliphatic carbocycles. The van der Waals surface area contributed by atoms with Gasteiger partial charge in [0.1, 0.15) is 5.82 Å². The highest BCUT2D eigenvalue weighted by atomic mass is 32.2. The van der Waals surface area contributed by atoms with Gasteiger partial charge in [0.05, 0.1) is 10.2 Å². The summed E-state index contributed by atoms with van der Waals surface area (Å²) in [6, 6.07) is 5.83. The number of rotatable bonds is 4. The van der Waals surface area contributed by atoms with Crippen LogP contribution < -0.4 is 5.73 Å². The number of sulfone groups is 1. The molecule has 0 saturated heterocycles. The molecule has 0 bridgehead atoms. The fourth-order valence-electron chi connectivity index (χ4n) is 2.34. The van der Waals surface area contributed by atoms with Crippen LogP contribution in [0.3, 0.4) is 0 Å². The first-order valence-electron chi connectivity index (χ1n) is 5.65. The molecule has 3 nitrogen and oxygen atoms in total. The predicted octanol–water partition coefficient (Wildman–Crippen LogP) is 1.63. The van der Waals surface area contributed by atoms with Gasteiger partial charge in [0.2, 0.25) is 0 Å². The molecule has 18 heavy (non-hydrogen) atoms. The fraction of sp³-hybridized carbons (Fsp3) is 0.417. The average Bonchev–Trinajstić information content (AvgIpc) is 3.06. The van der Waals surface area contributed by atoms with E-state index in [4.69, 9.17) is 18.0 Å². The molecule has 1 saturated carbocycles. The van der Waals surface area contributed by atoms with Crippen LogP contribution in [0.5, 0.6) is 0 Å². The normalized spacial score (nSPS) is 26.9. The standard InChI is InChI=1S/C12H14FNO2S2/c1-2-18(15,16)11-9(10(11)12(14)17)7-3-5-8(13)6-4-7/h3-6,9-11H,2H2,1H3,(H2,14,17)/t9-,10-,11-/m0/s1. The molecule has 0 spiro atoms. The van der Waals surface area contributed by atoms with Gasteiger partial charge in [0, 0.05) is 17.6 Å². The van der Waals surface area contributed by atoms with E-state index in [0.29, 0.717) is 0 Å². The van der Waals surface area contributed by atoms with Crippen LogP contribution in [-0.4, -0.2) is 24.4 Å². The summed E-state index contributed by atoms with van der Waals surface area (Å²) in [6.07, 6.45) is 0. The Kier molecular flexibility index (Phi) is 3.42. The summed E-state index contributed by atoms with van der Waals surface area (Å²) in [5, 5.41) is -0.550. The Morgan fingerprint density at radius 2 is 1.94 bits per heavy atom. The van der Waals surface area contributed by atoms with Gasteiger partial charge >= 0.3 is 0 Å². The van der Waals surface area contributed by atoms with Crippen molar-refractivity contribution in [1.82, 2.24) is 0 Å². The van der Waals surface area contributed by atoms with Gasteiger partial charge in [-0.1, -0.05) is 31.3 Å². The number of benzene rings is 1. The summed E-state index contributed by atoms with van der Waals surface area (Å²) >= 11 is 4.92. The molecular formula is C12H14FNO2S2. The van der Waals surface area contributed by atoms with E-state index in [1.807, 2.05) is 0 Å². The third-order valence-corrected chi connectivity index (χ3v) is 5.85. The lowest BCUT2D eigenvalue weighted by atomic mass is 10.1. The summed E-state index contributed by atoms with van der Waals surface area (Å²) < 4.78 is 36.7. The molecule has 1 aliphatic rings. The van der Waals surface area contributed by atoms with E-state index in [2.05, 4.69) is 0 Å². The van der Waals surface area contributed by atoms with Gasteiger partial charge in [-0.25, -0.2) is 12.8 Å². The summed E-state index contributed by atoms with van der Waals surface area (Å²) in [4.78, 5) is 0.214. The number of hydrogen-bond acceptors (Lipinski definition) is 3. The minimum Gasteiger partial charge on any atom is -0.393 e. The van der Waals surface area contributed by atoms with Gasteiger partial charge in [-0.15, -0.1) is 0 Å². The molecule has 2 rings (SSSR count). The second kappa shape index (κ2) is 4.59. The van der Waals surface area contributed by atoms with Gasteiger partial charge in [-0.05, 0) is 17.7 Å². The van der Waals surface area contributed by atoms with Crippen molar-refractivity contribution in [1.29, 1.82) is 0 Å². The molecule has 98 valence electrons. The quantitative estimate of drug-likeness (QED) is 0.855. The Morgan fingerprint density at radius 1 is 1.39 bits per heavy atom. The lowest BCUT2D eigenvalue weighted by Gasteiger charge is -2.00. The van der Waals surface area contributed by atoms with Gasteiger partial charge in [0.15, 0.2) is 9.84 Å². The highest BCUT2D eigenvalue weighted by molar-refractivity contribution is 7.92. The van der Waals surface area contributed by atoms with E-state index in [1.54, 1.807) is 19.1 Å². The summed E-state index contributed by atoms with van der Waals surface area (Å²) in [5.41, 5.74) is 6.36. The number of halogens is 1. The molecule has 1 aromatic rings. The van der Waals surface area contributed by atoms with E-state index in [1.165, 1.54) is 12.1 Å². The van der Waals surface area contributed by atoms with Crippen molar-refractivity contribution >= 4 is 27.0 Å². The zero-order chi connectivity index (χ0) is 13.5. The molecule has 6 heteroatoms. The van der Waals surface area contributed by atoms with E-state index in [0.717, 1.165) is 5.56 Å². The maximum Gasteiger partial charge on any atom is 0.154 e. The highest BCUT2D eigenvalue weighted by Crippen LogP contribution is 2.52. The molecule has 0 unspecified atom stereocenters. The van der Waals surface area contributed by atoms with Crippen LogP contribution in [0.2, 0.25) is 0 Å². The van der Waals surface area contributed by atoms with Crippen LogP contribution in [0.25, 0.3) is 0 Å². The van der Waals surface area contributed by atoms with Crippen molar-refractivity contribution in [3.05, 3.63) is 35.6 Å². The monoisotopic (exact) mass is 287 g/mol. The van der Waals surface area contributed by atoms with Gasteiger partial charge in [-0.2, -0.15) is 0 Å². The lowest BCUT2D eigenvalue weighted by Crippen LogP contribution is -2.18. The zero-order valence-corrected chi connectivity index (χ0v) is 11.5. The predicted molar refractivity (Wildman–Crippen MR) is 72.7 cm³/mol. The molecule has 1 aromatic carbocycles. The minimum absolute atomic E-state index is 0.0640. The Hall–Kier alpha value is -1.01. The van der Waals surface area contributed by atoms with Crippen molar-refractivity contribution in [3.8, 4) is 0 Å². The summed E-state index contributed by atoms with van der Waals surface area (Å²) in [5.74, 6) is -0.835.